The van der Waals surface area contributed by atoms with Crippen LogP contribution in [0.15, 0.2) is 88.0 Å². The number of allylic oxidation sites excluding steroid dienone is 4. The minimum absolute atomic E-state index is 0.0930. The Kier molecular flexibility index (Phi) is 7.89. The number of carbonyl (C=O) groups is 2. The lowest BCUT2D eigenvalue weighted by Crippen LogP contribution is -2.77. The topological polar surface area (TPSA) is 105 Å². The number of nitrogens with zero attached hydrogens (tertiary/aromatic N) is 2. The summed E-state index contributed by atoms with van der Waals surface area (Å²) < 4.78 is 14.3. The normalized spacial score (nSPS) is 43.3. The number of piperidine rings is 3. The second-order valence-electron chi connectivity index (χ2n) is 22.5. The highest BCUT2D eigenvalue weighted by molar-refractivity contribution is 6.00. The van der Waals surface area contributed by atoms with Gasteiger partial charge in [0, 0.05) is 60.2 Å². The second-order valence-corrected chi connectivity index (χ2v) is 22.5. The lowest BCUT2D eigenvalue weighted by molar-refractivity contribution is -0.276. The zero-order chi connectivity index (χ0) is 42.3. The minimum Gasteiger partial charge on any atom is -0.508 e. The first-order valence-corrected chi connectivity index (χ1v) is 25.2. The Balaban J connectivity index is 1.10. The van der Waals surface area contributed by atoms with Crippen molar-refractivity contribution in [3.05, 3.63) is 116 Å². The van der Waals surface area contributed by atoms with E-state index >= 15 is 4.79 Å². The molecule has 63 heavy (non-hydrogen) atoms. The van der Waals surface area contributed by atoms with Crippen molar-refractivity contribution in [3.63, 3.8) is 0 Å². The van der Waals surface area contributed by atoms with Gasteiger partial charge < -0.3 is 25.2 Å². The van der Waals surface area contributed by atoms with E-state index in [1.54, 1.807) is 11.3 Å². The number of benzene rings is 2. The van der Waals surface area contributed by atoms with Crippen LogP contribution in [0.4, 0.5) is 0 Å². The molecule has 0 aromatic heterocycles. The number of hydrogen-bond acceptors (Lipinski definition) is 8. The van der Waals surface area contributed by atoms with E-state index in [-0.39, 0.29) is 41.5 Å². The van der Waals surface area contributed by atoms with E-state index in [0.717, 1.165) is 94.0 Å². The number of fused-ring (bicyclic) bond motifs is 7. The highest BCUT2D eigenvalue weighted by Crippen LogP contribution is 2.87. The Morgan fingerprint density at radius 1 is 0.937 bits per heavy atom. The fourth-order valence-corrected chi connectivity index (χ4v) is 18.3. The van der Waals surface area contributed by atoms with Crippen LogP contribution in [0.1, 0.15) is 124 Å². The number of carbonyl (C=O) groups excluding carboxylic acids is 2. The largest absolute Gasteiger partial charge is 0.508 e. The van der Waals surface area contributed by atoms with Crippen molar-refractivity contribution in [3.8, 4) is 0 Å². The first-order chi connectivity index (χ1) is 30.7. The molecule has 1 saturated carbocycles. The summed E-state index contributed by atoms with van der Waals surface area (Å²) in [6, 6.07) is 16.7. The molecule has 8 heteroatoms. The molecule has 14 atom stereocenters. The van der Waals surface area contributed by atoms with E-state index in [1.807, 2.05) is 0 Å². The molecule has 8 heterocycles. The third-order valence-corrected chi connectivity index (χ3v) is 20.3. The fourth-order valence-electron chi connectivity index (χ4n) is 18.3. The van der Waals surface area contributed by atoms with E-state index in [1.165, 1.54) is 41.5 Å². The Labute approximate surface area is 372 Å². The molecule has 3 N–H and O–H groups in total. The van der Waals surface area contributed by atoms with Crippen molar-refractivity contribution < 1.29 is 24.2 Å². The summed E-state index contributed by atoms with van der Waals surface area (Å²) in [6.45, 7) is 7.58. The van der Waals surface area contributed by atoms with Crippen LogP contribution in [0.2, 0.25) is 0 Å². The van der Waals surface area contributed by atoms with Gasteiger partial charge in [-0.15, -0.1) is 0 Å². The van der Waals surface area contributed by atoms with Crippen LogP contribution >= 0.6 is 0 Å². The predicted molar refractivity (Wildman–Crippen MR) is 239 cm³/mol. The second kappa shape index (κ2) is 13.0. The molecule has 13 aliphatic rings. The zero-order valence-electron chi connectivity index (χ0n) is 37.2. The number of aliphatic hydroxyl groups excluding tert-OH is 1. The summed E-state index contributed by atoms with van der Waals surface area (Å²) in [7, 11) is 0. The molecular weight excluding hydrogens is 783 g/mol. The standard InChI is InChI=1S/C55H63N3O5/c1-29-22-34-15-17-43-36-25-37-28-58(43)48(34)47-39-19-20-53-50(49(59)38-16-18-42(37)57(27-36)30(38)2)62-52(61)54(53)41(39)26-35(45(29)47)24-32-10-5-9-31(23-32)8-3-4-14-44(54)55(53)40-13-6-11-33(12-7-21-56)46(40)51(60)63-55/h5-6,9-11,13,23,26,29-30,36-38,42-45,47,59H,3-4,7-8,12,14-22,24-25,27-28,56H2,1-2H3. The third-order valence-electron chi connectivity index (χ3n) is 20.3. The summed E-state index contributed by atoms with van der Waals surface area (Å²) >= 11 is 0. The first-order valence-electron chi connectivity index (χ1n) is 25.2. The molecule has 5 aliphatic carbocycles. The maximum Gasteiger partial charge on any atom is 0.339 e. The van der Waals surface area contributed by atoms with Gasteiger partial charge in [-0.1, -0.05) is 78.6 Å². The van der Waals surface area contributed by atoms with Crippen molar-refractivity contribution in [2.75, 3.05) is 19.6 Å². The molecule has 14 bridgehead atoms. The molecule has 8 aliphatic heterocycles. The van der Waals surface area contributed by atoms with Gasteiger partial charge in [-0.3, -0.25) is 9.69 Å². The summed E-state index contributed by atoms with van der Waals surface area (Å²) in [6.07, 6.45) is 16.5. The van der Waals surface area contributed by atoms with Gasteiger partial charge in [0.2, 0.25) is 0 Å². The average molecular weight is 846 g/mol. The van der Waals surface area contributed by atoms with Gasteiger partial charge in [-0.2, -0.15) is 0 Å². The number of aryl methyl sites for hydroxylation is 2. The van der Waals surface area contributed by atoms with Crippen LogP contribution in [-0.4, -0.2) is 64.6 Å². The summed E-state index contributed by atoms with van der Waals surface area (Å²) in [4.78, 5) is 36.8. The molecule has 8 nitrogen and oxygen atoms in total. The molecule has 0 amide bonds. The Bertz CT molecular complexity index is 2550. The van der Waals surface area contributed by atoms with Gasteiger partial charge in [0.1, 0.15) is 11.2 Å². The van der Waals surface area contributed by atoms with Crippen LogP contribution < -0.4 is 5.73 Å². The summed E-state index contributed by atoms with van der Waals surface area (Å²) in [5.74, 6) is 1.82. The van der Waals surface area contributed by atoms with E-state index in [4.69, 9.17) is 15.2 Å². The maximum atomic E-state index is 16.1. The first kappa shape index (κ1) is 38.2. The smallest absolute Gasteiger partial charge is 0.339 e. The minimum atomic E-state index is -1.16. The average Bonchev–Trinajstić information content (AvgIpc) is 3.74. The van der Waals surface area contributed by atoms with E-state index < -0.39 is 16.4 Å². The van der Waals surface area contributed by atoms with Gasteiger partial charge in [0.15, 0.2) is 11.4 Å². The molecule has 2 aromatic carbocycles. The molecule has 3 spiro atoms. The Morgan fingerprint density at radius 3 is 2.68 bits per heavy atom. The molecule has 14 unspecified atom stereocenters. The molecule has 4 saturated heterocycles. The predicted octanol–water partition coefficient (Wildman–Crippen LogP) is 9.00. The van der Waals surface area contributed by atoms with Crippen LogP contribution in [-0.2, 0) is 39.1 Å². The number of ether oxygens (including phenoxy) is 2. The van der Waals surface area contributed by atoms with Gasteiger partial charge in [-0.05, 0) is 149 Å². The Morgan fingerprint density at radius 2 is 1.79 bits per heavy atom. The number of aliphatic hydroxyl groups is 1. The van der Waals surface area contributed by atoms with Crippen molar-refractivity contribution in [1.82, 2.24) is 9.80 Å². The SMILES string of the molecule is CC1CC2=C3C4C5=C6C=C(Cc7cccc(c7)CCCCC7C68C(=O)OC(=C(O)C6CCC9C%10CC(CN9C6C)C(CC2)N3C%10)C8(CC5)C72OC(=O)c3c(CCCN)cccc32)C14. The maximum absolute atomic E-state index is 16.1. The number of hydrogen-bond donors (Lipinski definition) is 2. The van der Waals surface area contributed by atoms with Crippen molar-refractivity contribution in [2.45, 2.75) is 134 Å². The van der Waals surface area contributed by atoms with Crippen LogP contribution in [0.3, 0.4) is 0 Å². The van der Waals surface area contributed by atoms with Crippen molar-refractivity contribution >= 4 is 11.9 Å². The lowest BCUT2D eigenvalue weighted by atomic mass is 9.28. The van der Waals surface area contributed by atoms with Gasteiger partial charge in [0.05, 0.1) is 11.0 Å². The number of rotatable bonds is 3. The highest BCUT2D eigenvalue weighted by atomic mass is 16.6. The van der Waals surface area contributed by atoms with Crippen LogP contribution in [0, 0.1) is 52.3 Å². The summed E-state index contributed by atoms with van der Waals surface area (Å²) in [5, 5.41) is 13.4. The van der Waals surface area contributed by atoms with E-state index in [0.29, 0.717) is 66.5 Å². The van der Waals surface area contributed by atoms with Crippen LogP contribution in [0.25, 0.3) is 0 Å². The molecule has 15 rings (SSSR count). The lowest BCUT2D eigenvalue weighted by Gasteiger charge is -2.71. The Hall–Kier alpha value is -4.14. The van der Waals surface area contributed by atoms with Crippen molar-refractivity contribution in [1.29, 1.82) is 0 Å². The highest BCUT2D eigenvalue weighted by Gasteiger charge is 2.93. The van der Waals surface area contributed by atoms with E-state index in [9.17, 15) is 9.90 Å². The number of esters is 2. The van der Waals surface area contributed by atoms with Gasteiger partial charge >= 0.3 is 11.9 Å². The summed E-state index contributed by atoms with van der Waals surface area (Å²) in [5.41, 5.74) is 15.4. The van der Waals surface area contributed by atoms with Crippen LogP contribution in [0.5, 0.6) is 0 Å². The fraction of sp³-hybridized carbons (Fsp3) is 0.600. The molecule has 328 valence electrons. The van der Waals surface area contributed by atoms with Crippen molar-refractivity contribution in [2.24, 2.45) is 58.0 Å². The molecular formula is C55H63N3O5. The molecule has 0 radical (unpaired) electrons. The van der Waals surface area contributed by atoms with Gasteiger partial charge in [-0.25, -0.2) is 4.79 Å². The van der Waals surface area contributed by atoms with E-state index in [2.05, 4.69) is 72.2 Å². The molecule has 2 aromatic rings. The quantitative estimate of drug-likeness (QED) is 0.295. The zero-order valence-corrected chi connectivity index (χ0v) is 37.2. The number of nitrogens with two attached hydrogens (primary N) is 1. The molecule has 5 fully saturated rings. The monoisotopic (exact) mass is 845 g/mol. The third kappa shape index (κ3) is 4.43. The van der Waals surface area contributed by atoms with Gasteiger partial charge in [0.25, 0.3) is 0 Å².